The lowest BCUT2D eigenvalue weighted by atomic mass is 10.00. The number of carbonyl (C=O) groups excluding carboxylic acids is 1. The Morgan fingerprint density at radius 3 is 2.71 bits per heavy atom. The van der Waals surface area contributed by atoms with Gasteiger partial charge < -0.3 is 4.74 Å². The number of fused-ring (bicyclic) bond motifs is 1. The normalized spacial score (nSPS) is 18.4. The van der Waals surface area contributed by atoms with Gasteiger partial charge in [-0.05, 0) is 24.5 Å². The molecule has 1 unspecified atom stereocenters. The Kier molecular flexibility index (Phi) is 3.64. The molecule has 2 nitrogen and oxygen atoms in total. The molecule has 0 fully saturated rings. The highest BCUT2D eigenvalue weighted by atomic mass is 35.5. The summed E-state index contributed by atoms with van der Waals surface area (Å²) in [5, 5.41) is 0.669. The summed E-state index contributed by atoms with van der Waals surface area (Å²) in [7, 11) is 1.55. The van der Waals surface area contributed by atoms with Crippen LogP contribution < -0.4 is 4.74 Å². The van der Waals surface area contributed by atoms with Gasteiger partial charge in [-0.2, -0.15) is 0 Å². The molecule has 0 N–H and O–H groups in total. The maximum absolute atomic E-state index is 12.2. The first kappa shape index (κ1) is 12.7. The quantitative estimate of drug-likeness (QED) is 0.826. The first-order valence-electron chi connectivity index (χ1n) is 5.69. The van der Waals surface area contributed by atoms with E-state index in [1.807, 2.05) is 6.07 Å². The number of hydrogen-bond acceptors (Lipinski definition) is 2. The third kappa shape index (κ3) is 2.04. The maximum Gasteiger partial charge on any atom is 0.168 e. The van der Waals surface area contributed by atoms with Crippen molar-refractivity contribution in [1.82, 2.24) is 0 Å². The number of Topliss-reactive ketones (excluding diaryl/α,β-unsaturated/α-hetero) is 1. The summed E-state index contributed by atoms with van der Waals surface area (Å²) in [6.07, 6.45) is 2.63. The van der Waals surface area contributed by atoms with Crippen molar-refractivity contribution < 1.29 is 9.53 Å². The van der Waals surface area contributed by atoms with Gasteiger partial charge in [0.1, 0.15) is 10.8 Å². The Balaban J connectivity index is 2.48. The van der Waals surface area contributed by atoms with Crippen molar-refractivity contribution >= 4 is 29.0 Å². The first-order valence-corrected chi connectivity index (χ1v) is 6.44. The molecule has 0 amide bonds. The van der Waals surface area contributed by atoms with E-state index in [1.54, 1.807) is 7.11 Å². The fraction of sp³-hybridized carbons (Fsp3) is 0.462. The van der Waals surface area contributed by atoms with Crippen LogP contribution in [0.5, 0.6) is 5.75 Å². The van der Waals surface area contributed by atoms with Gasteiger partial charge in [-0.25, -0.2) is 0 Å². The minimum absolute atomic E-state index is 0.0515. The zero-order valence-electron chi connectivity index (χ0n) is 9.85. The largest absolute Gasteiger partial charge is 0.495 e. The Morgan fingerprint density at radius 1 is 1.41 bits per heavy atom. The topological polar surface area (TPSA) is 26.3 Å². The molecule has 92 valence electrons. The van der Waals surface area contributed by atoms with Gasteiger partial charge in [-0.15, -0.1) is 0 Å². The zero-order valence-corrected chi connectivity index (χ0v) is 11.4. The Morgan fingerprint density at radius 2 is 2.12 bits per heavy atom. The highest BCUT2D eigenvalue weighted by Gasteiger charge is 2.33. The van der Waals surface area contributed by atoms with Crippen LogP contribution in [-0.2, 0) is 6.42 Å². The fourth-order valence-electron chi connectivity index (χ4n) is 2.37. The zero-order chi connectivity index (χ0) is 12.6. The third-order valence-corrected chi connectivity index (χ3v) is 4.05. The summed E-state index contributed by atoms with van der Waals surface area (Å²) >= 11 is 12.2. The second-order valence-electron chi connectivity index (χ2n) is 4.29. The van der Waals surface area contributed by atoms with Gasteiger partial charge in [0.05, 0.1) is 12.1 Å². The SMILES string of the molecule is CCCC1Cc2cc(OC)c(Cl)c(Cl)c2C1=O. The van der Waals surface area contributed by atoms with E-state index >= 15 is 0 Å². The molecule has 17 heavy (non-hydrogen) atoms. The summed E-state index contributed by atoms with van der Waals surface area (Å²) in [5.41, 5.74) is 1.55. The van der Waals surface area contributed by atoms with Gasteiger partial charge in [0, 0.05) is 11.5 Å². The molecule has 1 atom stereocenters. The van der Waals surface area contributed by atoms with E-state index < -0.39 is 0 Å². The van der Waals surface area contributed by atoms with Crippen molar-refractivity contribution in [2.24, 2.45) is 5.92 Å². The lowest BCUT2D eigenvalue weighted by Gasteiger charge is -2.08. The van der Waals surface area contributed by atoms with E-state index in [1.165, 1.54) is 0 Å². The average molecular weight is 273 g/mol. The van der Waals surface area contributed by atoms with Crippen LogP contribution in [0, 0.1) is 5.92 Å². The Labute approximate surface area is 111 Å². The van der Waals surface area contributed by atoms with Gasteiger partial charge in [-0.1, -0.05) is 36.5 Å². The predicted octanol–water partition coefficient (Wildman–Crippen LogP) is 4.16. The number of benzene rings is 1. The number of ketones is 1. The molecule has 4 heteroatoms. The molecule has 1 aromatic rings. The summed E-state index contributed by atoms with van der Waals surface area (Å²) in [6.45, 7) is 2.07. The summed E-state index contributed by atoms with van der Waals surface area (Å²) < 4.78 is 5.15. The summed E-state index contributed by atoms with van der Waals surface area (Å²) in [6, 6.07) is 1.83. The average Bonchev–Trinajstić information content (AvgIpc) is 2.62. The van der Waals surface area contributed by atoms with Crippen molar-refractivity contribution in [3.05, 3.63) is 27.2 Å². The lowest BCUT2D eigenvalue weighted by molar-refractivity contribution is 0.0930. The molecule has 0 saturated carbocycles. The van der Waals surface area contributed by atoms with Gasteiger partial charge in [0.25, 0.3) is 0 Å². The molecule has 0 aliphatic heterocycles. The molecule has 1 aromatic carbocycles. The molecule has 0 spiro atoms. The van der Waals surface area contributed by atoms with Crippen LogP contribution in [-0.4, -0.2) is 12.9 Å². The minimum Gasteiger partial charge on any atom is -0.495 e. The van der Waals surface area contributed by atoms with Crippen LogP contribution in [0.25, 0.3) is 0 Å². The van der Waals surface area contributed by atoms with Crippen LogP contribution in [0.3, 0.4) is 0 Å². The highest BCUT2D eigenvalue weighted by molar-refractivity contribution is 6.45. The van der Waals surface area contributed by atoms with Crippen molar-refractivity contribution in [3.63, 3.8) is 0 Å². The van der Waals surface area contributed by atoms with Gasteiger partial charge in [0.2, 0.25) is 0 Å². The molecular weight excluding hydrogens is 259 g/mol. The molecule has 0 radical (unpaired) electrons. The van der Waals surface area contributed by atoms with E-state index in [0.29, 0.717) is 21.4 Å². The second-order valence-corrected chi connectivity index (χ2v) is 5.05. The second kappa shape index (κ2) is 4.87. The molecule has 0 heterocycles. The molecular formula is C13H14Cl2O2. The van der Waals surface area contributed by atoms with E-state index in [0.717, 1.165) is 24.8 Å². The predicted molar refractivity (Wildman–Crippen MR) is 69.4 cm³/mol. The van der Waals surface area contributed by atoms with E-state index in [-0.39, 0.29) is 11.7 Å². The number of halogens is 2. The van der Waals surface area contributed by atoms with E-state index in [9.17, 15) is 4.79 Å². The molecule has 1 aliphatic rings. The van der Waals surface area contributed by atoms with Crippen molar-refractivity contribution in [1.29, 1.82) is 0 Å². The minimum atomic E-state index is 0.0515. The van der Waals surface area contributed by atoms with E-state index in [4.69, 9.17) is 27.9 Å². The lowest BCUT2D eigenvalue weighted by Crippen LogP contribution is -2.08. The van der Waals surface area contributed by atoms with Crippen molar-refractivity contribution in [2.45, 2.75) is 26.2 Å². The summed E-state index contributed by atoms with van der Waals surface area (Å²) in [5.74, 6) is 0.715. The molecule has 0 bridgehead atoms. The monoisotopic (exact) mass is 272 g/mol. The Hall–Kier alpha value is -0.730. The Bertz CT molecular complexity index is 469. The van der Waals surface area contributed by atoms with Gasteiger partial charge in [0.15, 0.2) is 5.78 Å². The molecule has 2 rings (SSSR count). The van der Waals surface area contributed by atoms with Crippen molar-refractivity contribution in [3.8, 4) is 5.75 Å². The van der Waals surface area contributed by atoms with Crippen LogP contribution >= 0.6 is 23.2 Å². The number of methoxy groups -OCH3 is 1. The van der Waals surface area contributed by atoms with Crippen LogP contribution in [0.4, 0.5) is 0 Å². The summed E-state index contributed by atoms with van der Waals surface area (Å²) in [4.78, 5) is 12.2. The maximum atomic E-state index is 12.2. The third-order valence-electron chi connectivity index (χ3n) is 3.20. The van der Waals surface area contributed by atoms with Gasteiger partial charge >= 0.3 is 0 Å². The van der Waals surface area contributed by atoms with Gasteiger partial charge in [-0.3, -0.25) is 4.79 Å². The number of hydrogen-bond donors (Lipinski definition) is 0. The molecule has 0 saturated heterocycles. The molecule has 1 aliphatic carbocycles. The number of ether oxygens (including phenoxy) is 1. The molecule has 0 aromatic heterocycles. The van der Waals surface area contributed by atoms with Crippen LogP contribution in [0.2, 0.25) is 10.0 Å². The van der Waals surface area contributed by atoms with Crippen LogP contribution in [0.15, 0.2) is 6.07 Å². The number of rotatable bonds is 3. The first-order chi connectivity index (χ1) is 8.10. The fourth-order valence-corrected chi connectivity index (χ4v) is 2.91. The number of carbonyl (C=O) groups is 1. The standard InChI is InChI=1S/C13H14Cl2O2/c1-3-4-7-5-8-6-9(17-2)11(14)12(15)10(8)13(7)16/h6-7H,3-5H2,1-2H3. The van der Waals surface area contributed by atoms with Crippen LogP contribution in [0.1, 0.15) is 35.7 Å². The van der Waals surface area contributed by atoms with E-state index in [2.05, 4.69) is 6.92 Å². The highest BCUT2D eigenvalue weighted by Crippen LogP contribution is 2.42. The van der Waals surface area contributed by atoms with Crippen molar-refractivity contribution in [2.75, 3.05) is 7.11 Å². The smallest absolute Gasteiger partial charge is 0.168 e.